The highest BCUT2D eigenvalue weighted by Crippen LogP contribution is 2.26. The van der Waals surface area contributed by atoms with Crippen LogP contribution >= 0.6 is 11.6 Å². The third-order valence-electron chi connectivity index (χ3n) is 3.04. The summed E-state index contributed by atoms with van der Waals surface area (Å²) in [5, 5.41) is 0.617. The molecule has 1 heterocycles. The lowest BCUT2D eigenvalue weighted by Gasteiger charge is -2.23. The molecule has 2 rings (SSSR count). The highest BCUT2D eigenvalue weighted by molar-refractivity contribution is 6.31. The zero-order valence-electron chi connectivity index (χ0n) is 11.2. The smallest absolute Gasteiger partial charge is 0.133 e. The Morgan fingerprint density at radius 3 is 2.42 bits per heavy atom. The summed E-state index contributed by atoms with van der Waals surface area (Å²) in [5.74, 6) is 0.871. The fourth-order valence-corrected chi connectivity index (χ4v) is 2.15. The predicted molar refractivity (Wildman–Crippen MR) is 81.0 cm³/mol. The number of aromatic nitrogens is 1. The Morgan fingerprint density at radius 2 is 1.84 bits per heavy atom. The first kappa shape index (κ1) is 13.8. The summed E-state index contributed by atoms with van der Waals surface area (Å²) in [6, 6.07) is 12.2. The molecule has 0 aliphatic carbocycles. The highest BCUT2D eigenvalue weighted by atomic mass is 35.5. The molecule has 0 fully saturated rings. The van der Waals surface area contributed by atoms with Crippen LogP contribution in [-0.4, -0.2) is 11.5 Å². The fourth-order valence-electron chi connectivity index (χ4n) is 1.97. The lowest BCUT2D eigenvalue weighted by Crippen LogP contribution is -2.18. The van der Waals surface area contributed by atoms with Crippen molar-refractivity contribution in [3.8, 4) is 0 Å². The van der Waals surface area contributed by atoms with Crippen LogP contribution in [0, 0.1) is 6.92 Å². The van der Waals surface area contributed by atoms with E-state index in [0.29, 0.717) is 11.6 Å². The average Bonchev–Trinajstić information content (AvgIpc) is 2.43. The minimum Gasteiger partial charge on any atom is -0.327 e. The molecule has 0 bridgehead atoms. The van der Waals surface area contributed by atoms with Gasteiger partial charge < -0.3 is 10.6 Å². The van der Waals surface area contributed by atoms with Gasteiger partial charge in [0.25, 0.3) is 0 Å². The quantitative estimate of drug-likeness (QED) is 0.926. The van der Waals surface area contributed by atoms with Crippen molar-refractivity contribution in [3.05, 3.63) is 52.7 Å². The van der Waals surface area contributed by atoms with Crippen LogP contribution in [0.1, 0.15) is 18.2 Å². The zero-order chi connectivity index (χ0) is 13.8. The second-order valence-electron chi connectivity index (χ2n) is 4.38. The van der Waals surface area contributed by atoms with Crippen molar-refractivity contribution in [2.24, 2.45) is 5.73 Å². The molecule has 0 amide bonds. The molecule has 0 saturated carbocycles. The Balaban J connectivity index is 2.39. The van der Waals surface area contributed by atoms with Crippen LogP contribution in [0.4, 0.5) is 11.5 Å². The van der Waals surface area contributed by atoms with Gasteiger partial charge in [-0.2, -0.15) is 0 Å². The second kappa shape index (κ2) is 6.04. The van der Waals surface area contributed by atoms with E-state index in [1.165, 1.54) is 5.56 Å². The maximum Gasteiger partial charge on any atom is 0.133 e. The largest absolute Gasteiger partial charge is 0.327 e. The minimum atomic E-state index is 0.345. The summed E-state index contributed by atoms with van der Waals surface area (Å²) in [6.45, 7) is 5.35. The van der Waals surface area contributed by atoms with E-state index in [1.807, 2.05) is 12.1 Å². The molecule has 0 saturated heterocycles. The van der Waals surface area contributed by atoms with Crippen molar-refractivity contribution >= 4 is 23.1 Å². The normalized spacial score (nSPS) is 10.5. The Morgan fingerprint density at radius 1 is 1.16 bits per heavy atom. The molecule has 4 heteroatoms. The van der Waals surface area contributed by atoms with Gasteiger partial charge in [0.15, 0.2) is 0 Å². The molecule has 2 N–H and O–H groups in total. The topological polar surface area (TPSA) is 42.1 Å². The van der Waals surface area contributed by atoms with E-state index in [-0.39, 0.29) is 0 Å². The van der Waals surface area contributed by atoms with E-state index in [1.54, 1.807) is 0 Å². The van der Waals surface area contributed by atoms with E-state index in [9.17, 15) is 0 Å². The Hall–Kier alpha value is -1.58. The van der Waals surface area contributed by atoms with Crippen LogP contribution in [0.2, 0.25) is 5.02 Å². The van der Waals surface area contributed by atoms with Crippen molar-refractivity contribution in [1.82, 2.24) is 4.98 Å². The molecule has 2 aromatic rings. The number of hydrogen-bond acceptors (Lipinski definition) is 3. The van der Waals surface area contributed by atoms with Crippen LogP contribution in [0.5, 0.6) is 0 Å². The van der Waals surface area contributed by atoms with E-state index >= 15 is 0 Å². The van der Waals surface area contributed by atoms with Gasteiger partial charge in [0, 0.05) is 18.8 Å². The number of hydrogen-bond donors (Lipinski definition) is 1. The molecule has 100 valence electrons. The maximum atomic E-state index is 6.05. The second-order valence-corrected chi connectivity index (χ2v) is 4.79. The fraction of sp³-hybridized carbons (Fsp3) is 0.267. The zero-order valence-corrected chi connectivity index (χ0v) is 12.0. The van der Waals surface area contributed by atoms with Crippen LogP contribution < -0.4 is 10.6 Å². The summed E-state index contributed by atoms with van der Waals surface area (Å²) < 4.78 is 0. The van der Waals surface area contributed by atoms with Crippen molar-refractivity contribution < 1.29 is 0 Å². The molecule has 0 radical (unpaired) electrons. The summed E-state index contributed by atoms with van der Waals surface area (Å²) in [6.07, 6.45) is 0. The van der Waals surface area contributed by atoms with E-state index in [0.717, 1.165) is 23.7 Å². The predicted octanol–water partition coefficient (Wildman–Crippen LogP) is 3.66. The average molecular weight is 276 g/mol. The Labute approximate surface area is 119 Å². The first-order valence-corrected chi connectivity index (χ1v) is 6.73. The van der Waals surface area contributed by atoms with Crippen molar-refractivity contribution in [3.63, 3.8) is 0 Å². The van der Waals surface area contributed by atoms with Gasteiger partial charge >= 0.3 is 0 Å². The summed E-state index contributed by atoms with van der Waals surface area (Å²) in [7, 11) is 0. The number of nitrogens with zero attached hydrogens (tertiary/aromatic N) is 2. The number of rotatable bonds is 4. The van der Waals surface area contributed by atoms with Gasteiger partial charge in [-0.1, -0.05) is 29.3 Å². The minimum absolute atomic E-state index is 0.345. The van der Waals surface area contributed by atoms with Crippen molar-refractivity contribution in [2.45, 2.75) is 20.4 Å². The van der Waals surface area contributed by atoms with Crippen LogP contribution in [0.15, 0.2) is 36.4 Å². The summed E-state index contributed by atoms with van der Waals surface area (Å²) in [5.41, 5.74) is 8.74. The van der Waals surface area contributed by atoms with E-state index in [4.69, 9.17) is 17.3 Å². The van der Waals surface area contributed by atoms with Crippen molar-refractivity contribution in [1.29, 1.82) is 0 Å². The van der Waals surface area contributed by atoms with Gasteiger partial charge in [0.2, 0.25) is 0 Å². The van der Waals surface area contributed by atoms with Gasteiger partial charge in [-0.05, 0) is 38.1 Å². The molecule has 3 nitrogen and oxygen atoms in total. The molecule has 1 aromatic carbocycles. The van der Waals surface area contributed by atoms with Crippen molar-refractivity contribution in [2.75, 3.05) is 11.4 Å². The molecule has 0 aliphatic rings. The number of halogens is 1. The van der Waals surface area contributed by atoms with E-state index < -0.39 is 0 Å². The van der Waals surface area contributed by atoms with Gasteiger partial charge in [0.1, 0.15) is 5.82 Å². The molecule has 0 spiro atoms. The molecule has 19 heavy (non-hydrogen) atoms. The number of aryl methyl sites for hydroxylation is 1. The molecular weight excluding hydrogens is 258 g/mol. The number of pyridine rings is 1. The summed E-state index contributed by atoms with van der Waals surface area (Å²) in [4.78, 5) is 6.66. The number of nitrogens with two attached hydrogens (primary N) is 1. The van der Waals surface area contributed by atoms with Crippen LogP contribution in [0.25, 0.3) is 0 Å². The third kappa shape index (κ3) is 3.06. The van der Waals surface area contributed by atoms with Gasteiger partial charge in [0.05, 0.1) is 10.7 Å². The van der Waals surface area contributed by atoms with Gasteiger partial charge in [-0.15, -0.1) is 0 Å². The Kier molecular flexibility index (Phi) is 4.40. The number of benzene rings is 1. The van der Waals surface area contributed by atoms with E-state index in [2.05, 4.69) is 48.0 Å². The monoisotopic (exact) mass is 275 g/mol. The first-order chi connectivity index (χ1) is 9.15. The Bertz CT molecular complexity index is 552. The molecule has 0 atom stereocenters. The van der Waals surface area contributed by atoms with Crippen LogP contribution in [-0.2, 0) is 6.54 Å². The van der Waals surface area contributed by atoms with Gasteiger partial charge in [-0.3, -0.25) is 0 Å². The summed E-state index contributed by atoms with van der Waals surface area (Å²) >= 11 is 6.05. The molecular formula is C15H18ClN3. The standard InChI is InChI=1S/C15H18ClN3/c1-3-19(12-6-4-11(2)5-7-12)15-9-8-13(16)14(10-17)18-15/h4-9H,3,10,17H2,1-2H3. The first-order valence-electron chi connectivity index (χ1n) is 6.35. The SMILES string of the molecule is CCN(c1ccc(C)cc1)c1ccc(Cl)c(CN)n1. The lowest BCUT2D eigenvalue weighted by molar-refractivity contribution is 0.939. The number of anilines is 2. The molecule has 0 aliphatic heterocycles. The maximum absolute atomic E-state index is 6.05. The van der Waals surface area contributed by atoms with Gasteiger partial charge in [-0.25, -0.2) is 4.98 Å². The lowest BCUT2D eigenvalue weighted by atomic mass is 10.2. The molecule has 1 aromatic heterocycles. The third-order valence-corrected chi connectivity index (χ3v) is 3.38. The van der Waals surface area contributed by atoms with Crippen LogP contribution in [0.3, 0.4) is 0 Å². The molecule has 0 unspecified atom stereocenters. The highest BCUT2D eigenvalue weighted by Gasteiger charge is 2.10.